The minimum atomic E-state index is 0.0259. The Labute approximate surface area is 103 Å². The SMILES string of the molecule is COCC(=O)N(Cc1ccncc1)CC(C)C. The summed E-state index contributed by atoms with van der Waals surface area (Å²) in [4.78, 5) is 17.7. The fourth-order valence-corrected chi connectivity index (χ4v) is 1.62. The van der Waals surface area contributed by atoms with Crippen LogP contribution in [0.3, 0.4) is 0 Å². The number of pyridine rings is 1. The largest absolute Gasteiger partial charge is 0.375 e. The Kier molecular flexibility index (Phi) is 5.63. The van der Waals surface area contributed by atoms with Crippen molar-refractivity contribution in [3.05, 3.63) is 30.1 Å². The summed E-state index contributed by atoms with van der Waals surface area (Å²) in [5, 5.41) is 0. The molecule has 1 aromatic rings. The summed E-state index contributed by atoms with van der Waals surface area (Å²) in [6.07, 6.45) is 3.48. The molecule has 0 aliphatic heterocycles. The van der Waals surface area contributed by atoms with Gasteiger partial charge in [-0.2, -0.15) is 0 Å². The summed E-state index contributed by atoms with van der Waals surface area (Å²) >= 11 is 0. The lowest BCUT2D eigenvalue weighted by Crippen LogP contribution is -2.36. The Balaban J connectivity index is 2.66. The molecule has 0 fully saturated rings. The number of hydrogen-bond acceptors (Lipinski definition) is 3. The van der Waals surface area contributed by atoms with Crippen LogP contribution in [0.15, 0.2) is 24.5 Å². The zero-order valence-electron chi connectivity index (χ0n) is 10.7. The summed E-state index contributed by atoms with van der Waals surface area (Å²) in [6.45, 7) is 5.68. The topological polar surface area (TPSA) is 42.4 Å². The van der Waals surface area contributed by atoms with Crippen molar-refractivity contribution >= 4 is 5.91 Å². The molecule has 0 spiro atoms. The van der Waals surface area contributed by atoms with Gasteiger partial charge in [-0.1, -0.05) is 13.8 Å². The van der Waals surface area contributed by atoms with Crippen molar-refractivity contribution in [2.24, 2.45) is 5.92 Å². The van der Waals surface area contributed by atoms with Crippen LogP contribution in [-0.4, -0.2) is 36.1 Å². The number of carbonyl (C=O) groups is 1. The van der Waals surface area contributed by atoms with E-state index in [9.17, 15) is 4.79 Å². The zero-order valence-corrected chi connectivity index (χ0v) is 10.7. The van der Waals surface area contributed by atoms with Crippen LogP contribution in [0, 0.1) is 5.92 Å². The van der Waals surface area contributed by atoms with E-state index < -0.39 is 0 Å². The lowest BCUT2D eigenvalue weighted by Gasteiger charge is -2.24. The highest BCUT2D eigenvalue weighted by molar-refractivity contribution is 5.77. The van der Waals surface area contributed by atoms with E-state index in [4.69, 9.17) is 4.74 Å². The first-order valence-corrected chi connectivity index (χ1v) is 5.79. The van der Waals surface area contributed by atoms with Gasteiger partial charge in [0.2, 0.25) is 5.91 Å². The zero-order chi connectivity index (χ0) is 12.7. The second-order valence-corrected chi connectivity index (χ2v) is 4.46. The lowest BCUT2D eigenvalue weighted by atomic mass is 10.2. The smallest absolute Gasteiger partial charge is 0.248 e. The van der Waals surface area contributed by atoms with Crippen LogP contribution in [0.25, 0.3) is 0 Å². The number of hydrogen-bond donors (Lipinski definition) is 0. The molecule has 0 aromatic carbocycles. The molecule has 0 aliphatic carbocycles. The number of carbonyl (C=O) groups excluding carboxylic acids is 1. The summed E-state index contributed by atoms with van der Waals surface area (Å²) in [5.74, 6) is 0.468. The number of nitrogens with zero attached hydrogens (tertiary/aromatic N) is 2. The molecular formula is C13H20N2O2. The molecule has 0 aliphatic rings. The Morgan fingerprint density at radius 1 is 1.41 bits per heavy atom. The van der Waals surface area contributed by atoms with E-state index in [2.05, 4.69) is 18.8 Å². The summed E-state index contributed by atoms with van der Waals surface area (Å²) in [5.41, 5.74) is 1.09. The minimum Gasteiger partial charge on any atom is -0.375 e. The van der Waals surface area contributed by atoms with E-state index >= 15 is 0 Å². The van der Waals surface area contributed by atoms with Crippen molar-refractivity contribution < 1.29 is 9.53 Å². The molecular weight excluding hydrogens is 216 g/mol. The Hall–Kier alpha value is -1.42. The second kappa shape index (κ2) is 7.01. The molecule has 0 radical (unpaired) electrons. The van der Waals surface area contributed by atoms with Gasteiger partial charge in [-0.3, -0.25) is 9.78 Å². The van der Waals surface area contributed by atoms with Gasteiger partial charge in [-0.05, 0) is 23.6 Å². The maximum Gasteiger partial charge on any atom is 0.248 e. The molecule has 94 valence electrons. The number of amides is 1. The van der Waals surface area contributed by atoms with Gasteiger partial charge in [0, 0.05) is 32.6 Å². The number of aromatic nitrogens is 1. The highest BCUT2D eigenvalue weighted by Crippen LogP contribution is 2.07. The van der Waals surface area contributed by atoms with E-state index in [-0.39, 0.29) is 12.5 Å². The quantitative estimate of drug-likeness (QED) is 0.755. The highest BCUT2D eigenvalue weighted by Gasteiger charge is 2.14. The predicted octanol–water partition coefficient (Wildman–Crippen LogP) is 1.71. The van der Waals surface area contributed by atoms with Crippen molar-refractivity contribution in [2.75, 3.05) is 20.3 Å². The average molecular weight is 236 g/mol. The normalized spacial score (nSPS) is 10.6. The fraction of sp³-hybridized carbons (Fsp3) is 0.538. The highest BCUT2D eigenvalue weighted by atomic mass is 16.5. The summed E-state index contributed by atoms with van der Waals surface area (Å²) in [7, 11) is 1.54. The lowest BCUT2D eigenvalue weighted by molar-refractivity contribution is -0.136. The third-order valence-electron chi connectivity index (χ3n) is 2.33. The molecule has 1 aromatic heterocycles. The number of rotatable bonds is 6. The molecule has 4 heteroatoms. The van der Waals surface area contributed by atoms with E-state index in [1.807, 2.05) is 17.0 Å². The first-order valence-electron chi connectivity index (χ1n) is 5.79. The van der Waals surface area contributed by atoms with E-state index in [1.54, 1.807) is 12.4 Å². The van der Waals surface area contributed by atoms with Gasteiger partial charge in [-0.25, -0.2) is 0 Å². The molecule has 0 unspecified atom stereocenters. The summed E-state index contributed by atoms with van der Waals surface area (Å²) < 4.78 is 4.90. The van der Waals surface area contributed by atoms with Crippen LogP contribution in [0.4, 0.5) is 0 Å². The third-order valence-corrected chi connectivity index (χ3v) is 2.33. The van der Waals surface area contributed by atoms with Crippen molar-refractivity contribution in [2.45, 2.75) is 20.4 Å². The van der Waals surface area contributed by atoms with Crippen LogP contribution in [0.2, 0.25) is 0 Å². The van der Waals surface area contributed by atoms with Crippen LogP contribution in [0.5, 0.6) is 0 Å². The minimum absolute atomic E-state index is 0.0259. The number of ether oxygens (including phenoxy) is 1. The maximum atomic E-state index is 11.9. The van der Waals surface area contributed by atoms with E-state index in [1.165, 1.54) is 7.11 Å². The van der Waals surface area contributed by atoms with Gasteiger partial charge in [0.1, 0.15) is 6.61 Å². The molecule has 1 heterocycles. The van der Waals surface area contributed by atoms with Crippen molar-refractivity contribution in [1.29, 1.82) is 0 Å². The van der Waals surface area contributed by atoms with Crippen LogP contribution >= 0.6 is 0 Å². The molecule has 0 atom stereocenters. The van der Waals surface area contributed by atoms with Crippen LogP contribution in [0.1, 0.15) is 19.4 Å². The van der Waals surface area contributed by atoms with Crippen molar-refractivity contribution in [3.63, 3.8) is 0 Å². The fourth-order valence-electron chi connectivity index (χ4n) is 1.62. The second-order valence-electron chi connectivity index (χ2n) is 4.46. The first kappa shape index (κ1) is 13.6. The molecule has 4 nitrogen and oxygen atoms in total. The molecule has 0 saturated carbocycles. The monoisotopic (exact) mass is 236 g/mol. The molecule has 1 rings (SSSR count). The summed E-state index contributed by atoms with van der Waals surface area (Å²) in [6, 6.07) is 3.85. The first-order chi connectivity index (χ1) is 8.13. The van der Waals surface area contributed by atoms with Gasteiger partial charge in [0.15, 0.2) is 0 Å². The van der Waals surface area contributed by atoms with Gasteiger partial charge in [-0.15, -0.1) is 0 Å². The molecule has 0 N–H and O–H groups in total. The van der Waals surface area contributed by atoms with Crippen molar-refractivity contribution in [1.82, 2.24) is 9.88 Å². The Bertz CT molecular complexity index is 339. The molecule has 0 bridgehead atoms. The number of methoxy groups -OCH3 is 1. The predicted molar refractivity (Wildman–Crippen MR) is 66.4 cm³/mol. The standard InChI is InChI=1S/C13H20N2O2/c1-11(2)8-15(13(16)10-17-3)9-12-4-6-14-7-5-12/h4-7,11H,8-10H2,1-3H3. The van der Waals surface area contributed by atoms with Crippen molar-refractivity contribution in [3.8, 4) is 0 Å². The molecule has 1 amide bonds. The van der Waals surface area contributed by atoms with Gasteiger partial charge in [0.25, 0.3) is 0 Å². The van der Waals surface area contributed by atoms with Crippen LogP contribution < -0.4 is 0 Å². The average Bonchev–Trinajstić information content (AvgIpc) is 2.29. The molecule has 17 heavy (non-hydrogen) atoms. The Morgan fingerprint density at radius 2 is 2.06 bits per heavy atom. The Morgan fingerprint density at radius 3 is 2.59 bits per heavy atom. The molecule has 0 saturated heterocycles. The van der Waals surface area contributed by atoms with Gasteiger partial charge in [0.05, 0.1) is 0 Å². The van der Waals surface area contributed by atoms with E-state index in [0.717, 1.165) is 12.1 Å². The third kappa shape index (κ3) is 4.95. The van der Waals surface area contributed by atoms with E-state index in [0.29, 0.717) is 12.5 Å². The maximum absolute atomic E-state index is 11.9. The van der Waals surface area contributed by atoms with Gasteiger partial charge < -0.3 is 9.64 Å². The van der Waals surface area contributed by atoms with Crippen LogP contribution in [-0.2, 0) is 16.1 Å². The van der Waals surface area contributed by atoms with Gasteiger partial charge >= 0.3 is 0 Å².